The van der Waals surface area contributed by atoms with Crippen LogP contribution in [0.1, 0.15) is 94.4 Å². The number of halogens is 3. The van der Waals surface area contributed by atoms with E-state index in [4.69, 9.17) is 10.00 Å². The molecule has 7 nitrogen and oxygen atoms in total. The van der Waals surface area contributed by atoms with Gasteiger partial charge in [0.05, 0.1) is 11.6 Å². The maximum Gasteiger partial charge on any atom is 0.427 e. The fourth-order valence-electron chi connectivity index (χ4n) is 5.01. The van der Waals surface area contributed by atoms with E-state index in [1.807, 2.05) is 52.1 Å². The molecular formula is C36H56F3N5O2. The fraction of sp³-hybridized carbons (Fsp3) is 0.639. The molecule has 0 aromatic heterocycles. The molecule has 0 unspecified atom stereocenters. The number of carbonyl (C=O) groups excluding carboxylic acids is 1. The second-order valence-electron chi connectivity index (χ2n) is 11.9. The molecule has 0 aromatic rings. The molecule has 0 radical (unpaired) electrons. The van der Waals surface area contributed by atoms with E-state index in [-0.39, 0.29) is 0 Å². The Hall–Kier alpha value is -3.48. The topological polar surface area (TPSA) is 72.2 Å². The standard InChI is InChI=1S/C24H36F3N3O2.C10H14N2.C2H6/c1-7-9-12-28-17(3)21(20(8-2)19-10-11-19)18(4)29-13-15-30(16-14-29)22(31)32-23(5,6)24(25,26)27;1-3-4-10-7-9(8-11)5-6-12(10)2;1-2/h8-9,12,19H,7,10-11,13-16H2,1-6H3;5,7H,3-4,6H2,1-2H3;1-2H3/b12-9+,20-8-,21-18-,28-17+;;. The Labute approximate surface area is 275 Å². The van der Waals surface area contributed by atoms with Crippen LogP contribution < -0.4 is 0 Å². The normalized spacial score (nSPS) is 18.4. The fourth-order valence-corrected chi connectivity index (χ4v) is 5.01. The van der Waals surface area contributed by atoms with Crippen molar-refractivity contribution >= 4 is 11.8 Å². The number of amides is 1. The van der Waals surface area contributed by atoms with E-state index in [2.05, 4.69) is 54.8 Å². The number of hydrogen-bond donors (Lipinski definition) is 0. The van der Waals surface area contributed by atoms with Gasteiger partial charge in [-0.2, -0.15) is 18.4 Å². The van der Waals surface area contributed by atoms with Crippen molar-refractivity contribution in [3.05, 3.63) is 58.6 Å². The lowest BCUT2D eigenvalue weighted by Gasteiger charge is -2.38. The molecule has 1 saturated heterocycles. The number of rotatable bonds is 9. The molecular weight excluding hydrogens is 591 g/mol. The number of alkyl halides is 3. The van der Waals surface area contributed by atoms with Crippen LogP contribution in [0.25, 0.3) is 0 Å². The summed E-state index contributed by atoms with van der Waals surface area (Å²) in [6.45, 7) is 18.6. The molecule has 2 aliphatic heterocycles. The summed E-state index contributed by atoms with van der Waals surface area (Å²) in [5.41, 5.74) is 4.01. The van der Waals surface area contributed by atoms with Crippen molar-refractivity contribution in [3.8, 4) is 6.07 Å². The average Bonchev–Trinajstić information content (AvgIpc) is 3.87. The van der Waals surface area contributed by atoms with Crippen LogP contribution in [0, 0.1) is 17.2 Å². The minimum Gasteiger partial charge on any atom is -0.434 e. The maximum absolute atomic E-state index is 13.1. The minimum absolute atomic E-state index is 0.303. The summed E-state index contributed by atoms with van der Waals surface area (Å²) in [5, 5.41) is 8.68. The zero-order chi connectivity index (χ0) is 35.1. The molecule has 3 rings (SSSR count). The van der Waals surface area contributed by atoms with E-state index in [9.17, 15) is 18.0 Å². The van der Waals surface area contributed by atoms with Gasteiger partial charge in [0.25, 0.3) is 0 Å². The average molecular weight is 648 g/mol. The molecule has 258 valence electrons. The van der Waals surface area contributed by atoms with E-state index in [0.29, 0.717) is 32.1 Å². The number of allylic oxidation sites excluding steroid dienone is 8. The highest BCUT2D eigenvalue weighted by molar-refractivity contribution is 6.03. The minimum atomic E-state index is -4.62. The van der Waals surface area contributed by atoms with E-state index in [0.717, 1.165) is 62.2 Å². The van der Waals surface area contributed by atoms with Gasteiger partial charge in [0.2, 0.25) is 5.60 Å². The van der Waals surface area contributed by atoms with Crippen molar-refractivity contribution < 1.29 is 22.7 Å². The molecule has 2 fully saturated rings. The maximum atomic E-state index is 13.1. The summed E-state index contributed by atoms with van der Waals surface area (Å²) in [4.78, 5) is 22.7. The first kappa shape index (κ1) is 40.5. The lowest BCUT2D eigenvalue weighted by molar-refractivity contribution is -0.246. The Morgan fingerprint density at radius 3 is 2.17 bits per heavy atom. The highest BCUT2D eigenvalue weighted by Crippen LogP contribution is 2.41. The number of hydrogen-bond acceptors (Lipinski definition) is 6. The van der Waals surface area contributed by atoms with Crippen LogP contribution in [0.5, 0.6) is 0 Å². The quantitative estimate of drug-likeness (QED) is 0.184. The van der Waals surface area contributed by atoms with E-state index in [1.54, 1.807) is 0 Å². The second kappa shape index (κ2) is 19.2. The van der Waals surface area contributed by atoms with Crippen LogP contribution in [-0.4, -0.2) is 78.1 Å². The molecule has 1 amide bonds. The zero-order valence-corrected chi connectivity index (χ0v) is 29.7. The molecule has 0 atom stereocenters. The Morgan fingerprint density at radius 1 is 1.11 bits per heavy atom. The number of aliphatic imine (C=N–C) groups is 1. The first-order chi connectivity index (χ1) is 21.7. The van der Waals surface area contributed by atoms with Gasteiger partial charge < -0.3 is 19.4 Å². The SMILES string of the molecule is CC.CCCC1=CC(C#N)=CCN1C.C\C=C(C(/C(C)=N/C=C/CC)=C(/C)N1CCN(C(=O)OC(C)(C)C(F)(F)F)CC1)\C1CC1. The molecule has 3 aliphatic rings. The Morgan fingerprint density at radius 2 is 1.70 bits per heavy atom. The van der Waals surface area contributed by atoms with Crippen LogP contribution in [0.4, 0.5) is 18.0 Å². The molecule has 1 aliphatic carbocycles. The third-order valence-electron chi connectivity index (χ3n) is 8.02. The van der Waals surface area contributed by atoms with Gasteiger partial charge in [-0.15, -0.1) is 0 Å². The second-order valence-corrected chi connectivity index (χ2v) is 11.9. The van der Waals surface area contributed by atoms with Crippen LogP contribution >= 0.6 is 0 Å². The summed E-state index contributed by atoms with van der Waals surface area (Å²) >= 11 is 0. The van der Waals surface area contributed by atoms with Gasteiger partial charge in [-0.05, 0) is 83.9 Å². The van der Waals surface area contributed by atoms with Gasteiger partial charge in [-0.1, -0.05) is 46.3 Å². The molecule has 0 N–H and O–H groups in total. The first-order valence-corrected chi connectivity index (χ1v) is 16.6. The molecule has 46 heavy (non-hydrogen) atoms. The van der Waals surface area contributed by atoms with Crippen LogP contribution in [0.3, 0.4) is 0 Å². The summed E-state index contributed by atoms with van der Waals surface area (Å²) in [5.74, 6) is 0.547. The number of carbonyl (C=O) groups is 1. The monoisotopic (exact) mass is 647 g/mol. The highest BCUT2D eigenvalue weighted by Gasteiger charge is 2.51. The number of likely N-dealkylation sites (N-methyl/N-ethyl adjacent to an activating group) is 1. The van der Waals surface area contributed by atoms with E-state index >= 15 is 0 Å². The highest BCUT2D eigenvalue weighted by atomic mass is 19.4. The van der Waals surface area contributed by atoms with Crippen molar-refractivity contribution in [2.45, 2.75) is 106 Å². The van der Waals surface area contributed by atoms with Crippen molar-refractivity contribution in [2.24, 2.45) is 10.9 Å². The lowest BCUT2D eigenvalue weighted by Crippen LogP contribution is -2.52. The van der Waals surface area contributed by atoms with Gasteiger partial charge >= 0.3 is 12.3 Å². The van der Waals surface area contributed by atoms with Gasteiger partial charge in [-0.25, -0.2) is 4.79 Å². The van der Waals surface area contributed by atoms with Crippen molar-refractivity contribution in [1.82, 2.24) is 14.7 Å². The lowest BCUT2D eigenvalue weighted by atomic mass is 9.95. The number of piperazine rings is 1. The summed E-state index contributed by atoms with van der Waals surface area (Å²) in [6, 6.07) is 2.17. The summed E-state index contributed by atoms with van der Waals surface area (Å²) in [6.07, 6.45) is 9.84. The third kappa shape index (κ3) is 12.0. The van der Waals surface area contributed by atoms with E-state index < -0.39 is 17.9 Å². The molecule has 2 heterocycles. The Kier molecular flexibility index (Phi) is 17.0. The summed E-state index contributed by atoms with van der Waals surface area (Å²) < 4.78 is 43.9. The Balaban J connectivity index is 0.000000629. The van der Waals surface area contributed by atoms with Crippen LogP contribution in [0.15, 0.2) is 63.6 Å². The molecule has 0 bridgehead atoms. The van der Waals surface area contributed by atoms with Crippen LogP contribution in [-0.2, 0) is 4.74 Å². The molecule has 0 spiro atoms. The van der Waals surface area contributed by atoms with Gasteiger partial charge in [0, 0.05) is 68.7 Å². The van der Waals surface area contributed by atoms with Crippen molar-refractivity contribution in [1.29, 1.82) is 5.26 Å². The predicted molar refractivity (Wildman–Crippen MR) is 182 cm³/mol. The van der Waals surface area contributed by atoms with Crippen LogP contribution in [0.2, 0.25) is 0 Å². The zero-order valence-electron chi connectivity index (χ0n) is 29.7. The number of ether oxygens (including phenoxy) is 1. The Bertz CT molecular complexity index is 1220. The molecule has 0 aromatic carbocycles. The first-order valence-electron chi connectivity index (χ1n) is 16.6. The number of nitrogens with zero attached hydrogens (tertiary/aromatic N) is 5. The summed E-state index contributed by atoms with van der Waals surface area (Å²) in [7, 11) is 2.06. The van der Waals surface area contributed by atoms with Crippen molar-refractivity contribution in [3.63, 3.8) is 0 Å². The number of nitriles is 1. The smallest absolute Gasteiger partial charge is 0.427 e. The molecule has 1 saturated carbocycles. The molecule has 10 heteroatoms. The third-order valence-corrected chi connectivity index (χ3v) is 8.02. The largest absolute Gasteiger partial charge is 0.434 e. The predicted octanol–water partition coefficient (Wildman–Crippen LogP) is 9.19. The van der Waals surface area contributed by atoms with Crippen molar-refractivity contribution in [2.75, 3.05) is 39.8 Å². The van der Waals surface area contributed by atoms with Gasteiger partial charge in [0.1, 0.15) is 0 Å². The van der Waals surface area contributed by atoms with Gasteiger partial charge in [0.15, 0.2) is 0 Å². The van der Waals surface area contributed by atoms with E-state index in [1.165, 1.54) is 29.0 Å². The van der Waals surface area contributed by atoms with Gasteiger partial charge in [-0.3, -0.25) is 4.99 Å².